The van der Waals surface area contributed by atoms with Gasteiger partial charge < -0.3 is 15.7 Å². The zero-order valence-corrected chi connectivity index (χ0v) is 11.1. The van der Waals surface area contributed by atoms with Gasteiger partial charge in [-0.05, 0) is 7.05 Å². The number of nitrogen functional groups attached to an aromatic ring is 1. The van der Waals surface area contributed by atoms with Crippen LogP contribution >= 0.6 is 0 Å². The molecule has 7 nitrogen and oxygen atoms in total. The minimum Gasteiger partial charge on any atom is -0.396 e. The summed E-state index contributed by atoms with van der Waals surface area (Å²) in [5, 5.41) is 13.9. The highest BCUT2D eigenvalue weighted by atomic mass is 16.3. The van der Waals surface area contributed by atoms with E-state index in [1.165, 1.54) is 11.1 Å². The average molecular weight is 255 g/mol. The molecule has 1 aromatic heterocycles. The van der Waals surface area contributed by atoms with E-state index in [9.17, 15) is 9.90 Å². The summed E-state index contributed by atoms with van der Waals surface area (Å²) in [5.41, 5.74) is 6.10. The molecule has 18 heavy (non-hydrogen) atoms. The van der Waals surface area contributed by atoms with Crippen molar-refractivity contribution in [2.45, 2.75) is 12.6 Å². The third kappa shape index (κ3) is 4.72. The molecule has 3 N–H and O–H groups in total. The number of aromatic nitrogens is 2. The standard InChI is InChI=1S/C11H21N5O2/c1-14(2)11(18)8-15(3)6-10(17)7-16-5-9(12)4-13-16/h4-5,10,17H,6-8,12H2,1-3H3. The van der Waals surface area contributed by atoms with Crippen molar-refractivity contribution >= 4 is 11.6 Å². The summed E-state index contributed by atoms with van der Waals surface area (Å²) < 4.78 is 1.58. The second-order valence-corrected chi connectivity index (χ2v) is 4.63. The summed E-state index contributed by atoms with van der Waals surface area (Å²) in [5.74, 6) is 0.00744. The van der Waals surface area contributed by atoms with Gasteiger partial charge in [-0.2, -0.15) is 5.10 Å². The lowest BCUT2D eigenvalue weighted by Gasteiger charge is -2.21. The van der Waals surface area contributed by atoms with Gasteiger partial charge in [-0.15, -0.1) is 0 Å². The number of hydrogen-bond acceptors (Lipinski definition) is 5. The van der Waals surface area contributed by atoms with Gasteiger partial charge in [-0.25, -0.2) is 0 Å². The monoisotopic (exact) mass is 255 g/mol. The molecule has 7 heteroatoms. The van der Waals surface area contributed by atoms with Gasteiger partial charge >= 0.3 is 0 Å². The van der Waals surface area contributed by atoms with Crippen molar-refractivity contribution in [3.8, 4) is 0 Å². The van der Waals surface area contributed by atoms with Crippen molar-refractivity contribution in [2.75, 3.05) is 40.0 Å². The lowest BCUT2D eigenvalue weighted by atomic mass is 10.3. The minimum atomic E-state index is -0.593. The van der Waals surface area contributed by atoms with E-state index in [0.29, 0.717) is 18.8 Å². The molecular weight excluding hydrogens is 234 g/mol. The number of amides is 1. The zero-order valence-electron chi connectivity index (χ0n) is 11.1. The maximum Gasteiger partial charge on any atom is 0.236 e. The molecule has 1 rings (SSSR count). The predicted molar refractivity (Wildman–Crippen MR) is 68.8 cm³/mol. The van der Waals surface area contributed by atoms with Crippen molar-refractivity contribution in [1.29, 1.82) is 0 Å². The van der Waals surface area contributed by atoms with E-state index in [1.807, 2.05) is 0 Å². The van der Waals surface area contributed by atoms with Crippen LogP contribution in [0.15, 0.2) is 12.4 Å². The van der Waals surface area contributed by atoms with Gasteiger partial charge in [0.2, 0.25) is 5.91 Å². The Morgan fingerprint density at radius 2 is 2.22 bits per heavy atom. The van der Waals surface area contributed by atoms with Crippen LogP contribution in [0.1, 0.15) is 0 Å². The predicted octanol–water partition coefficient (Wildman–Crippen LogP) is -1.15. The second-order valence-electron chi connectivity index (χ2n) is 4.63. The maximum atomic E-state index is 11.5. The first-order valence-corrected chi connectivity index (χ1v) is 5.73. The maximum absolute atomic E-state index is 11.5. The van der Waals surface area contributed by atoms with Crippen LogP contribution in [0.3, 0.4) is 0 Å². The van der Waals surface area contributed by atoms with Crippen LogP contribution in [-0.4, -0.2) is 70.9 Å². The molecule has 1 heterocycles. The molecule has 0 bridgehead atoms. The van der Waals surface area contributed by atoms with Gasteiger partial charge in [-0.1, -0.05) is 0 Å². The van der Waals surface area contributed by atoms with Gasteiger partial charge in [0.15, 0.2) is 0 Å². The Morgan fingerprint density at radius 1 is 1.56 bits per heavy atom. The number of anilines is 1. The smallest absolute Gasteiger partial charge is 0.236 e. The van der Waals surface area contributed by atoms with Crippen LogP contribution in [0.5, 0.6) is 0 Å². The summed E-state index contributed by atoms with van der Waals surface area (Å²) in [7, 11) is 5.21. The molecule has 0 aliphatic carbocycles. The van der Waals surface area contributed by atoms with Gasteiger partial charge in [0.05, 0.1) is 31.1 Å². The molecule has 0 saturated carbocycles. The van der Waals surface area contributed by atoms with Crippen molar-refractivity contribution in [1.82, 2.24) is 19.6 Å². The summed E-state index contributed by atoms with van der Waals surface area (Å²) in [4.78, 5) is 14.8. The fraction of sp³-hybridized carbons (Fsp3) is 0.636. The van der Waals surface area contributed by atoms with E-state index in [-0.39, 0.29) is 12.5 Å². The third-order valence-corrected chi connectivity index (χ3v) is 2.48. The summed E-state index contributed by atoms with van der Waals surface area (Å²) in [6.45, 7) is 1.04. The minimum absolute atomic E-state index is 0.00744. The van der Waals surface area contributed by atoms with Gasteiger partial charge in [0.1, 0.15) is 0 Å². The molecule has 0 fully saturated rings. The van der Waals surface area contributed by atoms with E-state index in [4.69, 9.17) is 5.73 Å². The van der Waals surface area contributed by atoms with E-state index in [2.05, 4.69) is 5.10 Å². The van der Waals surface area contributed by atoms with Gasteiger partial charge in [-0.3, -0.25) is 14.4 Å². The topological polar surface area (TPSA) is 87.6 Å². The van der Waals surface area contributed by atoms with Crippen molar-refractivity contribution in [3.63, 3.8) is 0 Å². The van der Waals surface area contributed by atoms with Crippen LogP contribution in [-0.2, 0) is 11.3 Å². The van der Waals surface area contributed by atoms with Crippen LogP contribution in [0.4, 0.5) is 5.69 Å². The molecular formula is C11H21N5O2. The number of carbonyl (C=O) groups is 1. The Kier molecular flexibility index (Phi) is 5.11. The number of rotatable bonds is 6. The number of aliphatic hydroxyl groups excluding tert-OH is 1. The highest BCUT2D eigenvalue weighted by molar-refractivity contribution is 5.77. The number of nitrogens with two attached hydrogens (primary N) is 1. The van der Waals surface area contributed by atoms with Crippen molar-refractivity contribution in [2.24, 2.45) is 0 Å². The number of nitrogens with zero attached hydrogens (tertiary/aromatic N) is 4. The summed E-state index contributed by atoms with van der Waals surface area (Å²) in [6, 6.07) is 0. The van der Waals surface area contributed by atoms with Gasteiger partial charge in [0, 0.05) is 26.8 Å². The number of aliphatic hydroxyl groups is 1. The molecule has 0 saturated heterocycles. The van der Waals surface area contributed by atoms with Crippen LogP contribution in [0.2, 0.25) is 0 Å². The molecule has 0 radical (unpaired) electrons. The first-order chi connectivity index (χ1) is 8.38. The SMILES string of the molecule is CN(CC(=O)N(C)C)CC(O)Cn1cc(N)cn1. The van der Waals surface area contributed by atoms with Crippen molar-refractivity contribution in [3.05, 3.63) is 12.4 Å². The van der Waals surface area contributed by atoms with E-state index in [0.717, 1.165) is 0 Å². The molecule has 0 aliphatic heterocycles. The zero-order chi connectivity index (χ0) is 13.7. The molecule has 1 amide bonds. The normalized spacial score (nSPS) is 12.7. The van der Waals surface area contributed by atoms with E-state index < -0.39 is 6.10 Å². The highest BCUT2D eigenvalue weighted by Gasteiger charge is 2.13. The first kappa shape index (κ1) is 14.5. The average Bonchev–Trinajstić information content (AvgIpc) is 2.62. The van der Waals surface area contributed by atoms with E-state index >= 15 is 0 Å². The molecule has 1 aromatic rings. The Balaban J connectivity index is 2.35. The Labute approximate surface area is 107 Å². The van der Waals surface area contributed by atoms with Crippen LogP contribution in [0, 0.1) is 0 Å². The summed E-state index contributed by atoms with van der Waals surface area (Å²) >= 11 is 0. The van der Waals surface area contributed by atoms with Crippen LogP contribution in [0.25, 0.3) is 0 Å². The molecule has 0 aromatic carbocycles. The number of likely N-dealkylation sites (N-methyl/N-ethyl adjacent to an activating group) is 2. The van der Waals surface area contributed by atoms with E-state index in [1.54, 1.807) is 36.9 Å². The third-order valence-electron chi connectivity index (χ3n) is 2.48. The number of carbonyl (C=O) groups excluding carboxylic acids is 1. The second kappa shape index (κ2) is 6.36. The number of hydrogen-bond donors (Lipinski definition) is 2. The highest BCUT2D eigenvalue weighted by Crippen LogP contribution is 2.00. The lowest BCUT2D eigenvalue weighted by Crippen LogP contribution is -2.39. The molecule has 1 atom stereocenters. The van der Waals surface area contributed by atoms with Gasteiger partial charge in [0.25, 0.3) is 0 Å². The molecule has 102 valence electrons. The van der Waals surface area contributed by atoms with Crippen molar-refractivity contribution < 1.29 is 9.90 Å². The fourth-order valence-corrected chi connectivity index (χ4v) is 1.55. The molecule has 0 aliphatic rings. The Bertz CT molecular complexity index is 391. The largest absolute Gasteiger partial charge is 0.396 e. The molecule has 1 unspecified atom stereocenters. The van der Waals surface area contributed by atoms with Crippen LogP contribution < -0.4 is 5.73 Å². The fourth-order valence-electron chi connectivity index (χ4n) is 1.55. The molecule has 0 spiro atoms. The summed E-state index contributed by atoms with van der Waals surface area (Å²) in [6.07, 6.45) is 2.60. The quantitative estimate of drug-likeness (QED) is 0.670. The lowest BCUT2D eigenvalue weighted by molar-refractivity contribution is -0.129. The first-order valence-electron chi connectivity index (χ1n) is 5.73. The Hall–Kier alpha value is -1.60. The Morgan fingerprint density at radius 3 is 2.72 bits per heavy atom.